The highest BCUT2D eigenvalue weighted by Crippen LogP contribution is 2.26. The van der Waals surface area contributed by atoms with Gasteiger partial charge in [0.15, 0.2) is 0 Å². The van der Waals surface area contributed by atoms with Crippen molar-refractivity contribution in [2.45, 2.75) is 58.9 Å². The molecule has 1 aromatic carbocycles. The molecule has 1 atom stereocenters. The standard InChI is InChI=1S/C24H34N4O/c1-4-5-6-19-7-9-20(10-8-19)23(18(2)3)27-24(29)21-11-15-28(16-12-21)22-17-25-13-14-26-22/h7-10,13-14,17-18,21,23H,4-6,11-12,15-16H2,1-3H3,(H,27,29). The summed E-state index contributed by atoms with van der Waals surface area (Å²) in [6.07, 6.45) is 10.5. The third-order valence-corrected chi connectivity index (χ3v) is 5.86. The van der Waals surface area contributed by atoms with Gasteiger partial charge in [0.1, 0.15) is 5.82 Å². The molecule has 0 aliphatic carbocycles. The summed E-state index contributed by atoms with van der Waals surface area (Å²) < 4.78 is 0. The van der Waals surface area contributed by atoms with Crippen molar-refractivity contribution in [1.29, 1.82) is 0 Å². The Kier molecular flexibility index (Phi) is 7.62. The number of piperidine rings is 1. The first kappa shape index (κ1) is 21.3. The van der Waals surface area contributed by atoms with Gasteiger partial charge in [0.2, 0.25) is 5.91 Å². The van der Waals surface area contributed by atoms with Gasteiger partial charge in [-0.15, -0.1) is 0 Å². The topological polar surface area (TPSA) is 58.1 Å². The number of carbonyl (C=O) groups excluding carboxylic acids is 1. The Labute approximate surface area is 175 Å². The second kappa shape index (κ2) is 10.4. The van der Waals surface area contributed by atoms with Crippen LogP contribution in [0.1, 0.15) is 63.6 Å². The monoisotopic (exact) mass is 394 g/mol. The minimum Gasteiger partial charge on any atom is -0.355 e. The van der Waals surface area contributed by atoms with Gasteiger partial charge in [-0.2, -0.15) is 0 Å². The lowest BCUT2D eigenvalue weighted by Gasteiger charge is -2.33. The van der Waals surface area contributed by atoms with E-state index in [9.17, 15) is 4.79 Å². The summed E-state index contributed by atoms with van der Waals surface area (Å²) in [7, 11) is 0. The molecular formula is C24H34N4O. The first-order valence-electron chi connectivity index (χ1n) is 11.0. The number of hydrogen-bond donors (Lipinski definition) is 1. The fourth-order valence-corrected chi connectivity index (χ4v) is 4.00. The molecule has 0 spiro atoms. The molecule has 0 radical (unpaired) electrons. The second-order valence-corrected chi connectivity index (χ2v) is 8.40. The van der Waals surface area contributed by atoms with Crippen LogP contribution in [-0.2, 0) is 11.2 Å². The molecule has 156 valence electrons. The van der Waals surface area contributed by atoms with Gasteiger partial charge < -0.3 is 10.2 Å². The third-order valence-electron chi connectivity index (χ3n) is 5.86. The number of hydrogen-bond acceptors (Lipinski definition) is 4. The molecule has 1 N–H and O–H groups in total. The van der Waals surface area contributed by atoms with Crippen LogP contribution in [0.15, 0.2) is 42.9 Å². The van der Waals surface area contributed by atoms with Crippen LogP contribution in [0.25, 0.3) is 0 Å². The second-order valence-electron chi connectivity index (χ2n) is 8.40. The number of nitrogens with one attached hydrogen (secondary N) is 1. The smallest absolute Gasteiger partial charge is 0.223 e. The Morgan fingerprint density at radius 3 is 2.48 bits per heavy atom. The SMILES string of the molecule is CCCCc1ccc(C(NC(=O)C2CCN(c3cnccn3)CC2)C(C)C)cc1. The molecule has 1 unspecified atom stereocenters. The van der Waals surface area contributed by atoms with E-state index in [4.69, 9.17) is 0 Å². The van der Waals surface area contributed by atoms with Gasteiger partial charge in [0.05, 0.1) is 12.2 Å². The summed E-state index contributed by atoms with van der Waals surface area (Å²) in [5, 5.41) is 3.33. The van der Waals surface area contributed by atoms with Crippen LogP contribution in [0.4, 0.5) is 5.82 Å². The molecule has 1 amide bonds. The summed E-state index contributed by atoms with van der Waals surface area (Å²) in [5.41, 5.74) is 2.58. The number of carbonyl (C=O) groups is 1. The van der Waals surface area contributed by atoms with E-state index in [0.717, 1.165) is 38.2 Å². The predicted molar refractivity (Wildman–Crippen MR) is 118 cm³/mol. The molecule has 0 saturated carbocycles. The van der Waals surface area contributed by atoms with Crippen LogP contribution in [0.5, 0.6) is 0 Å². The number of benzene rings is 1. The first-order valence-corrected chi connectivity index (χ1v) is 11.0. The number of nitrogens with zero attached hydrogens (tertiary/aromatic N) is 3. The van der Waals surface area contributed by atoms with Crippen LogP contribution in [0, 0.1) is 11.8 Å². The molecule has 0 bridgehead atoms. The largest absolute Gasteiger partial charge is 0.355 e. The normalized spacial score (nSPS) is 16.1. The molecular weight excluding hydrogens is 360 g/mol. The van der Waals surface area contributed by atoms with Crippen molar-refractivity contribution in [2.24, 2.45) is 11.8 Å². The van der Waals surface area contributed by atoms with Crippen LogP contribution in [-0.4, -0.2) is 29.0 Å². The molecule has 2 aromatic rings. The van der Waals surface area contributed by atoms with E-state index in [2.05, 4.69) is 65.2 Å². The predicted octanol–water partition coefficient (Wildman–Crippen LogP) is 4.55. The van der Waals surface area contributed by atoms with Gasteiger partial charge >= 0.3 is 0 Å². The Morgan fingerprint density at radius 1 is 1.17 bits per heavy atom. The van der Waals surface area contributed by atoms with E-state index in [1.807, 2.05) is 0 Å². The molecule has 5 nitrogen and oxygen atoms in total. The van der Waals surface area contributed by atoms with Crippen molar-refractivity contribution in [3.05, 3.63) is 54.0 Å². The summed E-state index contributed by atoms with van der Waals surface area (Å²) in [4.78, 5) is 23.7. The van der Waals surface area contributed by atoms with Gasteiger partial charge in [-0.05, 0) is 42.7 Å². The van der Waals surface area contributed by atoms with Gasteiger partial charge in [-0.3, -0.25) is 9.78 Å². The van der Waals surface area contributed by atoms with Crippen LogP contribution < -0.4 is 10.2 Å². The number of aryl methyl sites for hydroxylation is 1. The molecule has 1 saturated heterocycles. The molecule has 2 heterocycles. The Morgan fingerprint density at radius 2 is 1.90 bits per heavy atom. The van der Waals surface area contributed by atoms with Crippen molar-refractivity contribution >= 4 is 11.7 Å². The Balaban J connectivity index is 1.57. The van der Waals surface area contributed by atoms with Crippen LogP contribution in [0.2, 0.25) is 0 Å². The lowest BCUT2D eigenvalue weighted by molar-refractivity contribution is -0.126. The van der Waals surface area contributed by atoms with E-state index in [-0.39, 0.29) is 17.9 Å². The summed E-state index contributed by atoms with van der Waals surface area (Å²) in [6, 6.07) is 8.86. The van der Waals surface area contributed by atoms with Gasteiger partial charge in [-0.25, -0.2) is 4.98 Å². The Hall–Kier alpha value is -2.43. The van der Waals surface area contributed by atoms with E-state index >= 15 is 0 Å². The zero-order valence-electron chi connectivity index (χ0n) is 18.0. The fraction of sp³-hybridized carbons (Fsp3) is 0.542. The number of aromatic nitrogens is 2. The van der Waals surface area contributed by atoms with Gasteiger partial charge in [0, 0.05) is 31.4 Å². The average molecular weight is 395 g/mol. The minimum atomic E-state index is 0.0562. The Bertz CT molecular complexity index is 752. The molecule has 3 rings (SSSR count). The zero-order chi connectivity index (χ0) is 20.6. The van der Waals surface area contributed by atoms with Crippen LogP contribution >= 0.6 is 0 Å². The summed E-state index contributed by atoms with van der Waals surface area (Å²) in [5.74, 6) is 1.49. The van der Waals surface area contributed by atoms with Gasteiger partial charge in [0.25, 0.3) is 0 Å². The van der Waals surface area contributed by atoms with Crippen molar-refractivity contribution in [3.63, 3.8) is 0 Å². The van der Waals surface area contributed by atoms with Crippen molar-refractivity contribution in [2.75, 3.05) is 18.0 Å². The summed E-state index contributed by atoms with van der Waals surface area (Å²) in [6.45, 7) is 8.25. The highest BCUT2D eigenvalue weighted by atomic mass is 16.2. The number of rotatable bonds is 8. The van der Waals surface area contributed by atoms with Crippen LogP contribution in [0.3, 0.4) is 0 Å². The van der Waals surface area contributed by atoms with E-state index in [1.165, 1.54) is 24.0 Å². The fourth-order valence-electron chi connectivity index (χ4n) is 4.00. The highest BCUT2D eigenvalue weighted by Gasteiger charge is 2.28. The van der Waals surface area contributed by atoms with Crippen molar-refractivity contribution in [3.8, 4) is 0 Å². The maximum Gasteiger partial charge on any atom is 0.223 e. The summed E-state index contributed by atoms with van der Waals surface area (Å²) >= 11 is 0. The molecule has 5 heteroatoms. The quantitative estimate of drug-likeness (QED) is 0.714. The number of unbranched alkanes of at least 4 members (excludes halogenated alkanes) is 1. The number of amides is 1. The van der Waals surface area contributed by atoms with Gasteiger partial charge in [-0.1, -0.05) is 51.5 Å². The first-order chi connectivity index (χ1) is 14.1. The molecule has 1 aliphatic rings. The lowest BCUT2D eigenvalue weighted by Crippen LogP contribution is -2.42. The van der Waals surface area contributed by atoms with Crippen molar-refractivity contribution < 1.29 is 4.79 Å². The highest BCUT2D eigenvalue weighted by molar-refractivity contribution is 5.79. The maximum atomic E-state index is 13.0. The minimum absolute atomic E-state index is 0.0562. The number of anilines is 1. The van der Waals surface area contributed by atoms with E-state index in [1.54, 1.807) is 18.6 Å². The van der Waals surface area contributed by atoms with Crippen molar-refractivity contribution in [1.82, 2.24) is 15.3 Å². The molecule has 1 aliphatic heterocycles. The zero-order valence-corrected chi connectivity index (χ0v) is 18.0. The molecule has 29 heavy (non-hydrogen) atoms. The van der Waals surface area contributed by atoms with E-state index < -0.39 is 0 Å². The van der Waals surface area contributed by atoms with E-state index in [0.29, 0.717) is 5.92 Å². The lowest BCUT2D eigenvalue weighted by atomic mass is 9.91. The third kappa shape index (κ3) is 5.78. The average Bonchev–Trinajstić information content (AvgIpc) is 2.77. The molecule has 1 fully saturated rings. The molecule has 1 aromatic heterocycles. The maximum absolute atomic E-state index is 13.0.